The molecule has 0 atom stereocenters. The topological polar surface area (TPSA) is 67.8 Å². The van der Waals surface area contributed by atoms with Crippen molar-refractivity contribution in [2.45, 2.75) is 45.4 Å². The van der Waals surface area contributed by atoms with Gasteiger partial charge >= 0.3 is 6.09 Å². The second-order valence-electron chi connectivity index (χ2n) is 6.76. The van der Waals surface area contributed by atoms with Crippen LogP contribution in [0, 0.1) is 0 Å². The Bertz CT molecular complexity index is 480. The molecule has 6 heteroatoms. The monoisotopic (exact) mass is 325 g/mol. The number of hydrogen-bond acceptors (Lipinski definition) is 3. The minimum atomic E-state index is -1.72. The minimum Gasteiger partial charge on any atom is -0.491 e. The Morgan fingerprint density at radius 2 is 1.77 bits per heavy atom. The number of rotatable bonds is 7. The Balaban J connectivity index is 2.35. The Labute approximate surface area is 133 Å². The van der Waals surface area contributed by atoms with Crippen LogP contribution in [0.15, 0.2) is 24.3 Å². The fourth-order valence-electron chi connectivity index (χ4n) is 1.55. The highest BCUT2D eigenvalue weighted by molar-refractivity contribution is 6.74. The van der Waals surface area contributed by atoms with Crippen molar-refractivity contribution in [3.63, 3.8) is 0 Å². The second-order valence-corrected chi connectivity index (χ2v) is 11.6. The van der Waals surface area contributed by atoms with E-state index in [1.54, 1.807) is 0 Å². The molecule has 1 rings (SSSR count). The number of nitrogens with one attached hydrogen (secondary N) is 1. The molecular formula is C16H27NO4Si. The summed E-state index contributed by atoms with van der Waals surface area (Å²) in [6.45, 7) is 12.5. The molecule has 1 amide bonds. The van der Waals surface area contributed by atoms with Gasteiger partial charge in [-0.05, 0) is 35.8 Å². The summed E-state index contributed by atoms with van der Waals surface area (Å²) >= 11 is 0. The number of benzene rings is 1. The van der Waals surface area contributed by atoms with Crippen LogP contribution in [0.5, 0.6) is 5.75 Å². The number of amides is 1. The van der Waals surface area contributed by atoms with E-state index in [4.69, 9.17) is 14.3 Å². The maximum Gasteiger partial charge on any atom is 0.404 e. The first-order valence-electron chi connectivity index (χ1n) is 7.44. The van der Waals surface area contributed by atoms with E-state index in [9.17, 15) is 4.79 Å². The molecule has 0 unspecified atom stereocenters. The molecule has 0 radical (unpaired) electrons. The van der Waals surface area contributed by atoms with Gasteiger partial charge in [-0.25, -0.2) is 4.79 Å². The van der Waals surface area contributed by atoms with Gasteiger partial charge < -0.3 is 19.6 Å². The highest BCUT2D eigenvalue weighted by atomic mass is 28.4. The van der Waals surface area contributed by atoms with E-state index in [0.29, 0.717) is 19.8 Å². The third-order valence-electron chi connectivity index (χ3n) is 3.99. The van der Waals surface area contributed by atoms with Crippen molar-refractivity contribution < 1.29 is 19.1 Å². The highest BCUT2D eigenvalue weighted by Gasteiger charge is 2.36. The maximum atomic E-state index is 10.4. The van der Waals surface area contributed by atoms with Crippen LogP contribution in [0.3, 0.4) is 0 Å². The van der Waals surface area contributed by atoms with Crippen molar-refractivity contribution in [3.8, 4) is 5.75 Å². The van der Waals surface area contributed by atoms with Gasteiger partial charge in [-0.2, -0.15) is 0 Å². The molecule has 0 aromatic heterocycles. The number of ether oxygens (including phenoxy) is 1. The first kappa shape index (κ1) is 18.5. The van der Waals surface area contributed by atoms with Crippen molar-refractivity contribution in [1.29, 1.82) is 0 Å². The van der Waals surface area contributed by atoms with Crippen LogP contribution >= 0.6 is 0 Å². The van der Waals surface area contributed by atoms with Crippen LogP contribution in [-0.2, 0) is 11.0 Å². The summed E-state index contributed by atoms with van der Waals surface area (Å²) < 4.78 is 11.7. The Morgan fingerprint density at radius 1 is 1.18 bits per heavy atom. The highest BCUT2D eigenvalue weighted by Crippen LogP contribution is 2.36. The fourth-order valence-corrected chi connectivity index (χ4v) is 2.58. The molecular weight excluding hydrogens is 298 g/mol. The molecule has 2 N–H and O–H groups in total. The Hall–Kier alpha value is -1.53. The first-order chi connectivity index (χ1) is 10.1. The van der Waals surface area contributed by atoms with Crippen molar-refractivity contribution >= 4 is 14.4 Å². The van der Waals surface area contributed by atoms with Crippen molar-refractivity contribution in [1.82, 2.24) is 5.32 Å². The smallest absolute Gasteiger partial charge is 0.404 e. The third kappa shape index (κ3) is 6.07. The lowest BCUT2D eigenvalue weighted by molar-refractivity contribution is 0.194. The molecule has 1 aromatic carbocycles. The largest absolute Gasteiger partial charge is 0.491 e. The van der Waals surface area contributed by atoms with Crippen molar-refractivity contribution in [2.75, 3.05) is 13.2 Å². The van der Waals surface area contributed by atoms with E-state index in [1.807, 2.05) is 24.3 Å². The van der Waals surface area contributed by atoms with E-state index in [-0.39, 0.29) is 5.04 Å². The van der Waals surface area contributed by atoms with Crippen molar-refractivity contribution in [3.05, 3.63) is 29.8 Å². The van der Waals surface area contributed by atoms with Gasteiger partial charge in [0, 0.05) is 6.54 Å². The Morgan fingerprint density at radius 3 is 2.27 bits per heavy atom. The van der Waals surface area contributed by atoms with Crippen LogP contribution < -0.4 is 10.1 Å². The van der Waals surface area contributed by atoms with Gasteiger partial charge in [0.2, 0.25) is 0 Å². The summed E-state index contributed by atoms with van der Waals surface area (Å²) in [7, 11) is -1.72. The van der Waals surface area contributed by atoms with Crippen molar-refractivity contribution in [2.24, 2.45) is 0 Å². The molecule has 0 bridgehead atoms. The predicted octanol–water partition coefficient (Wildman–Crippen LogP) is 3.85. The van der Waals surface area contributed by atoms with Gasteiger partial charge in [0.25, 0.3) is 0 Å². The zero-order chi connectivity index (χ0) is 16.8. The molecule has 124 valence electrons. The fraction of sp³-hybridized carbons (Fsp3) is 0.562. The summed E-state index contributed by atoms with van der Waals surface area (Å²) in [6.07, 6.45) is -1.02. The zero-order valence-electron chi connectivity index (χ0n) is 14.1. The van der Waals surface area contributed by atoms with Gasteiger partial charge in [0.1, 0.15) is 12.4 Å². The molecule has 5 nitrogen and oxygen atoms in total. The molecule has 0 saturated carbocycles. The lowest BCUT2D eigenvalue weighted by atomic mass is 10.2. The van der Waals surface area contributed by atoms with Gasteiger partial charge in [0.15, 0.2) is 8.32 Å². The number of carboxylic acid groups (broad SMARTS) is 1. The Kier molecular flexibility index (Phi) is 6.43. The SMILES string of the molecule is CC(C)(C)[Si](C)(C)OCCOc1ccc(CNC(=O)O)cc1. The average molecular weight is 325 g/mol. The van der Waals surface area contributed by atoms with E-state index >= 15 is 0 Å². The number of hydrogen-bond donors (Lipinski definition) is 2. The van der Waals surface area contributed by atoms with Crippen LogP contribution in [0.25, 0.3) is 0 Å². The van der Waals surface area contributed by atoms with E-state index in [0.717, 1.165) is 11.3 Å². The van der Waals surface area contributed by atoms with E-state index < -0.39 is 14.4 Å². The van der Waals surface area contributed by atoms with Crippen LogP contribution in [0.1, 0.15) is 26.3 Å². The van der Waals surface area contributed by atoms with Gasteiger partial charge in [-0.1, -0.05) is 32.9 Å². The summed E-state index contributed by atoms with van der Waals surface area (Å²) in [5.74, 6) is 0.762. The van der Waals surface area contributed by atoms with Gasteiger partial charge in [0.05, 0.1) is 6.61 Å². The standard InChI is InChI=1S/C16H27NO4Si/c1-16(2,3)22(4,5)21-11-10-20-14-8-6-13(7-9-14)12-17-15(18)19/h6-9,17H,10-12H2,1-5H3,(H,18,19). The summed E-state index contributed by atoms with van der Waals surface area (Å²) in [6, 6.07) is 7.37. The second kappa shape index (κ2) is 7.65. The third-order valence-corrected chi connectivity index (χ3v) is 8.53. The first-order valence-corrected chi connectivity index (χ1v) is 10.4. The molecule has 0 aliphatic rings. The molecule has 0 fully saturated rings. The molecule has 0 aliphatic heterocycles. The van der Waals surface area contributed by atoms with Gasteiger partial charge in [-0.3, -0.25) is 0 Å². The average Bonchev–Trinajstić information content (AvgIpc) is 2.41. The number of carbonyl (C=O) groups is 1. The maximum absolute atomic E-state index is 10.4. The molecule has 0 spiro atoms. The zero-order valence-corrected chi connectivity index (χ0v) is 15.1. The van der Waals surface area contributed by atoms with Crippen LogP contribution in [0.2, 0.25) is 18.1 Å². The lowest BCUT2D eigenvalue weighted by Gasteiger charge is -2.36. The van der Waals surface area contributed by atoms with Crippen LogP contribution in [-0.4, -0.2) is 32.7 Å². The predicted molar refractivity (Wildman–Crippen MR) is 90.0 cm³/mol. The summed E-state index contributed by atoms with van der Waals surface area (Å²) in [4.78, 5) is 10.4. The normalized spacial score (nSPS) is 12.0. The quantitative estimate of drug-likeness (QED) is 0.590. The minimum absolute atomic E-state index is 0.200. The van der Waals surface area contributed by atoms with E-state index in [2.05, 4.69) is 39.2 Å². The molecule has 22 heavy (non-hydrogen) atoms. The summed E-state index contributed by atoms with van der Waals surface area (Å²) in [5, 5.41) is 11.1. The molecule has 1 aromatic rings. The molecule has 0 saturated heterocycles. The van der Waals surface area contributed by atoms with E-state index in [1.165, 1.54) is 0 Å². The van der Waals surface area contributed by atoms with Gasteiger partial charge in [-0.15, -0.1) is 0 Å². The molecule has 0 aliphatic carbocycles. The summed E-state index contributed by atoms with van der Waals surface area (Å²) in [5.41, 5.74) is 0.896. The molecule has 0 heterocycles. The lowest BCUT2D eigenvalue weighted by Crippen LogP contribution is -2.41. The van der Waals surface area contributed by atoms with Crippen LogP contribution in [0.4, 0.5) is 4.79 Å².